The van der Waals surface area contributed by atoms with Crippen molar-refractivity contribution >= 4 is 39.3 Å². The van der Waals surface area contributed by atoms with Gasteiger partial charge in [-0.2, -0.15) is 13.2 Å². The number of rotatable bonds is 2. The highest BCUT2D eigenvalue weighted by molar-refractivity contribution is 9.10. The normalized spacial score (nSPS) is 12.7. The molecule has 0 unspecified atom stereocenters. The van der Waals surface area contributed by atoms with Crippen molar-refractivity contribution in [2.24, 2.45) is 10.7 Å². The van der Waals surface area contributed by atoms with Crippen LogP contribution in [0.3, 0.4) is 0 Å². The fourth-order valence-corrected chi connectivity index (χ4v) is 1.91. The van der Waals surface area contributed by atoms with Gasteiger partial charge in [-0.3, -0.25) is 0 Å². The minimum atomic E-state index is -4.32. The molecule has 2 N–H and O–H groups in total. The second-order valence-electron chi connectivity index (χ2n) is 3.53. The summed E-state index contributed by atoms with van der Waals surface area (Å²) in [6.07, 6.45) is 0. The highest BCUT2D eigenvalue weighted by atomic mass is 79.9. The van der Waals surface area contributed by atoms with Gasteiger partial charge in [-0.05, 0) is 45.9 Å². The molecule has 0 aliphatic heterocycles. The van der Waals surface area contributed by atoms with Gasteiger partial charge in [0.2, 0.25) is 0 Å². The molecule has 100 valence electrons. The lowest BCUT2D eigenvalue weighted by atomic mass is 10.3. The van der Waals surface area contributed by atoms with E-state index >= 15 is 0 Å². The standard InChI is InChI=1S/C10H11BrF3N3S/c1-17(2)9(15)16-8-5-6(3-4-7(8)11)18-10(12,13)14/h3-5H,1-2H3,(H2,15,16). The molecule has 0 aliphatic rings. The fraction of sp³-hybridized carbons (Fsp3) is 0.300. The Morgan fingerprint density at radius 2 is 2.00 bits per heavy atom. The minimum absolute atomic E-state index is 0.0657. The number of aliphatic imine (C=N–C) groups is 1. The molecule has 1 aromatic carbocycles. The molecule has 0 fully saturated rings. The number of benzene rings is 1. The molecule has 3 nitrogen and oxygen atoms in total. The summed E-state index contributed by atoms with van der Waals surface area (Å²) in [5, 5.41) is 0. The van der Waals surface area contributed by atoms with E-state index in [9.17, 15) is 13.2 Å². The van der Waals surface area contributed by atoms with Gasteiger partial charge in [-0.15, -0.1) is 0 Å². The molecule has 0 aromatic heterocycles. The van der Waals surface area contributed by atoms with Crippen molar-refractivity contribution in [1.82, 2.24) is 4.90 Å². The topological polar surface area (TPSA) is 41.6 Å². The molecule has 0 atom stereocenters. The third kappa shape index (κ3) is 4.77. The van der Waals surface area contributed by atoms with Crippen molar-refractivity contribution in [2.45, 2.75) is 10.4 Å². The van der Waals surface area contributed by atoms with E-state index in [2.05, 4.69) is 20.9 Å². The van der Waals surface area contributed by atoms with Crippen molar-refractivity contribution in [1.29, 1.82) is 0 Å². The van der Waals surface area contributed by atoms with Crippen molar-refractivity contribution in [3.8, 4) is 0 Å². The van der Waals surface area contributed by atoms with E-state index in [1.807, 2.05) is 0 Å². The molecule has 0 amide bonds. The number of hydrogen-bond acceptors (Lipinski definition) is 2. The molecule has 0 heterocycles. The molecule has 8 heteroatoms. The zero-order chi connectivity index (χ0) is 13.9. The Morgan fingerprint density at radius 1 is 1.39 bits per heavy atom. The summed E-state index contributed by atoms with van der Waals surface area (Å²) in [7, 11) is 3.39. The first kappa shape index (κ1) is 15.2. The lowest BCUT2D eigenvalue weighted by Crippen LogP contribution is -2.29. The first-order chi connectivity index (χ1) is 8.19. The number of thioether (sulfide) groups is 1. The van der Waals surface area contributed by atoms with Gasteiger partial charge < -0.3 is 10.6 Å². The fourth-order valence-electron chi connectivity index (χ4n) is 0.999. The largest absolute Gasteiger partial charge is 0.446 e. The predicted octanol–water partition coefficient (Wildman–Crippen LogP) is 3.57. The van der Waals surface area contributed by atoms with Crippen LogP contribution in [0.5, 0.6) is 0 Å². The molecule has 0 aliphatic carbocycles. The highest BCUT2D eigenvalue weighted by Crippen LogP contribution is 2.39. The van der Waals surface area contributed by atoms with Gasteiger partial charge in [0, 0.05) is 23.5 Å². The second-order valence-corrected chi connectivity index (χ2v) is 5.52. The highest BCUT2D eigenvalue weighted by Gasteiger charge is 2.29. The van der Waals surface area contributed by atoms with Crippen LogP contribution in [0.2, 0.25) is 0 Å². The zero-order valence-corrected chi connectivity index (χ0v) is 12.0. The number of guanidine groups is 1. The van der Waals surface area contributed by atoms with E-state index in [4.69, 9.17) is 5.73 Å². The summed E-state index contributed by atoms with van der Waals surface area (Å²) in [4.78, 5) is 5.67. The Morgan fingerprint density at radius 3 is 2.50 bits per heavy atom. The number of nitrogens with zero attached hydrogens (tertiary/aromatic N) is 2. The first-order valence-corrected chi connectivity index (χ1v) is 6.37. The molecule has 1 aromatic rings. The van der Waals surface area contributed by atoms with Crippen LogP contribution in [0.25, 0.3) is 0 Å². The number of hydrogen-bond donors (Lipinski definition) is 1. The third-order valence-corrected chi connectivity index (χ3v) is 3.24. The molecule has 1 rings (SSSR count). The number of alkyl halides is 3. The molecule has 0 spiro atoms. The summed E-state index contributed by atoms with van der Waals surface area (Å²) in [5.41, 5.74) is 1.66. The Balaban J connectivity index is 3.06. The van der Waals surface area contributed by atoms with E-state index in [-0.39, 0.29) is 22.6 Å². The summed E-state index contributed by atoms with van der Waals surface area (Å²) < 4.78 is 37.3. The van der Waals surface area contributed by atoms with Crippen LogP contribution in [0, 0.1) is 0 Å². The van der Waals surface area contributed by atoms with Crippen molar-refractivity contribution in [3.05, 3.63) is 22.7 Å². The summed E-state index contributed by atoms with van der Waals surface area (Å²) in [6, 6.07) is 4.21. The Bertz CT molecular complexity index is 460. The Kier molecular flexibility index (Phi) is 4.92. The molecular formula is C10H11BrF3N3S. The molecule has 0 radical (unpaired) electrons. The molecule has 0 saturated heterocycles. The van der Waals surface area contributed by atoms with Crippen molar-refractivity contribution in [3.63, 3.8) is 0 Å². The maximum absolute atomic E-state index is 12.2. The van der Waals surface area contributed by atoms with Crippen molar-refractivity contribution < 1.29 is 13.2 Å². The molecule has 0 saturated carbocycles. The lowest BCUT2D eigenvalue weighted by molar-refractivity contribution is -0.0328. The van der Waals surface area contributed by atoms with Gasteiger partial charge in [-0.1, -0.05) is 0 Å². The van der Waals surface area contributed by atoms with Crippen LogP contribution in [-0.2, 0) is 0 Å². The van der Waals surface area contributed by atoms with E-state index < -0.39 is 5.51 Å². The first-order valence-electron chi connectivity index (χ1n) is 4.76. The van der Waals surface area contributed by atoms with Crippen LogP contribution in [-0.4, -0.2) is 30.5 Å². The average Bonchev–Trinajstić information content (AvgIpc) is 2.20. The smallest absolute Gasteiger partial charge is 0.370 e. The zero-order valence-electron chi connectivity index (χ0n) is 9.62. The van der Waals surface area contributed by atoms with Gasteiger partial charge in [0.15, 0.2) is 5.96 Å². The second kappa shape index (κ2) is 5.83. The Labute approximate surface area is 115 Å². The van der Waals surface area contributed by atoms with Gasteiger partial charge in [0.1, 0.15) is 0 Å². The maximum atomic E-state index is 12.2. The van der Waals surface area contributed by atoms with E-state index in [0.29, 0.717) is 10.2 Å². The molecular weight excluding hydrogens is 331 g/mol. The predicted molar refractivity (Wildman–Crippen MR) is 71.0 cm³/mol. The quantitative estimate of drug-likeness (QED) is 0.508. The maximum Gasteiger partial charge on any atom is 0.446 e. The van der Waals surface area contributed by atoms with Crippen LogP contribution in [0.1, 0.15) is 0 Å². The van der Waals surface area contributed by atoms with Gasteiger partial charge >= 0.3 is 5.51 Å². The SMILES string of the molecule is CN(C)C(N)=Nc1cc(SC(F)(F)F)ccc1Br. The third-order valence-electron chi connectivity index (χ3n) is 1.84. The summed E-state index contributed by atoms with van der Waals surface area (Å²) >= 11 is 3.03. The summed E-state index contributed by atoms with van der Waals surface area (Å²) in [6.45, 7) is 0. The average molecular weight is 342 g/mol. The number of nitrogens with two attached hydrogens (primary N) is 1. The monoisotopic (exact) mass is 341 g/mol. The lowest BCUT2D eigenvalue weighted by Gasteiger charge is -2.12. The molecule has 0 bridgehead atoms. The van der Waals surface area contributed by atoms with E-state index in [0.717, 1.165) is 0 Å². The minimum Gasteiger partial charge on any atom is -0.370 e. The van der Waals surface area contributed by atoms with Crippen molar-refractivity contribution in [2.75, 3.05) is 14.1 Å². The van der Waals surface area contributed by atoms with Crippen LogP contribution in [0.15, 0.2) is 32.6 Å². The Hall–Kier alpha value is -0.890. The van der Waals surface area contributed by atoms with Gasteiger partial charge in [-0.25, -0.2) is 4.99 Å². The van der Waals surface area contributed by atoms with Crippen LogP contribution < -0.4 is 5.73 Å². The van der Waals surface area contributed by atoms with Gasteiger partial charge in [0.05, 0.1) is 5.69 Å². The van der Waals surface area contributed by atoms with Gasteiger partial charge in [0.25, 0.3) is 0 Å². The van der Waals surface area contributed by atoms with Crippen LogP contribution >= 0.6 is 27.7 Å². The number of halogens is 4. The summed E-state index contributed by atoms with van der Waals surface area (Å²) in [5.74, 6) is 0.213. The van der Waals surface area contributed by atoms with Crippen LogP contribution in [0.4, 0.5) is 18.9 Å². The van der Waals surface area contributed by atoms with E-state index in [1.165, 1.54) is 18.2 Å². The molecule has 18 heavy (non-hydrogen) atoms. The van der Waals surface area contributed by atoms with E-state index in [1.54, 1.807) is 19.0 Å².